The first-order chi connectivity index (χ1) is 12.7. The zero-order chi connectivity index (χ0) is 18.2. The fourth-order valence-corrected chi connectivity index (χ4v) is 4.35. The fourth-order valence-electron chi connectivity index (χ4n) is 3.52. The minimum atomic E-state index is -0.0425. The van der Waals surface area contributed by atoms with Crippen molar-refractivity contribution in [2.45, 2.75) is 30.6 Å². The van der Waals surface area contributed by atoms with Gasteiger partial charge in [-0.15, -0.1) is 11.8 Å². The van der Waals surface area contributed by atoms with E-state index >= 15 is 0 Å². The molecule has 3 nitrogen and oxygen atoms in total. The summed E-state index contributed by atoms with van der Waals surface area (Å²) in [6, 6.07) is 20.5. The van der Waals surface area contributed by atoms with Crippen LogP contribution in [0, 0.1) is 5.41 Å². The van der Waals surface area contributed by atoms with Gasteiger partial charge in [-0.05, 0) is 48.8 Å². The third-order valence-corrected chi connectivity index (χ3v) is 6.40. The third kappa shape index (κ3) is 5.12. The van der Waals surface area contributed by atoms with E-state index in [9.17, 15) is 9.90 Å². The van der Waals surface area contributed by atoms with Crippen molar-refractivity contribution in [1.82, 2.24) is 4.90 Å². The van der Waals surface area contributed by atoms with Crippen molar-refractivity contribution in [2.75, 3.05) is 25.4 Å². The number of carbonyl (C=O) groups is 1. The minimum absolute atomic E-state index is 0.0425. The van der Waals surface area contributed by atoms with E-state index in [1.54, 1.807) is 11.8 Å². The summed E-state index contributed by atoms with van der Waals surface area (Å²) in [5.74, 6) is 0.689. The van der Waals surface area contributed by atoms with Crippen LogP contribution in [-0.4, -0.2) is 41.4 Å². The number of rotatable bonds is 7. The lowest BCUT2D eigenvalue weighted by Gasteiger charge is -2.41. The lowest BCUT2D eigenvalue weighted by molar-refractivity contribution is -0.131. The summed E-state index contributed by atoms with van der Waals surface area (Å²) in [5.41, 5.74) is 1.28. The molecular weight excluding hydrogens is 342 g/mol. The van der Waals surface area contributed by atoms with Crippen LogP contribution in [0.1, 0.15) is 24.8 Å². The molecule has 2 aromatic rings. The van der Waals surface area contributed by atoms with Gasteiger partial charge >= 0.3 is 0 Å². The molecular formula is C22H27NO2S. The van der Waals surface area contributed by atoms with Gasteiger partial charge in [-0.1, -0.05) is 48.5 Å². The van der Waals surface area contributed by atoms with E-state index in [1.807, 2.05) is 41.3 Å². The van der Waals surface area contributed by atoms with Gasteiger partial charge in [0.2, 0.25) is 5.91 Å². The van der Waals surface area contributed by atoms with Crippen LogP contribution in [0.25, 0.3) is 0 Å². The van der Waals surface area contributed by atoms with E-state index in [0.29, 0.717) is 5.75 Å². The maximum absolute atomic E-state index is 12.5. The van der Waals surface area contributed by atoms with Gasteiger partial charge in [0.1, 0.15) is 0 Å². The first kappa shape index (κ1) is 19.0. The monoisotopic (exact) mass is 369 g/mol. The van der Waals surface area contributed by atoms with Crippen LogP contribution in [-0.2, 0) is 11.2 Å². The summed E-state index contributed by atoms with van der Waals surface area (Å²) in [6.45, 7) is 1.72. The number of aryl methyl sites for hydroxylation is 1. The van der Waals surface area contributed by atoms with Crippen LogP contribution in [0.15, 0.2) is 65.6 Å². The Kier molecular flexibility index (Phi) is 6.75. The second kappa shape index (κ2) is 9.24. The molecule has 26 heavy (non-hydrogen) atoms. The van der Waals surface area contributed by atoms with Gasteiger partial charge in [-0.3, -0.25) is 4.79 Å². The summed E-state index contributed by atoms with van der Waals surface area (Å²) >= 11 is 1.59. The Bertz CT molecular complexity index is 682. The van der Waals surface area contributed by atoms with Crippen LogP contribution in [0.4, 0.5) is 0 Å². The average Bonchev–Trinajstić information content (AvgIpc) is 2.72. The summed E-state index contributed by atoms with van der Waals surface area (Å²) in [7, 11) is 0. The average molecular weight is 370 g/mol. The number of amides is 1. The highest BCUT2D eigenvalue weighted by Gasteiger charge is 2.35. The number of aliphatic hydroxyl groups excluding tert-OH is 1. The Morgan fingerprint density at radius 2 is 1.62 bits per heavy atom. The van der Waals surface area contributed by atoms with Crippen molar-refractivity contribution in [1.29, 1.82) is 0 Å². The molecule has 0 aromatic heterocycles. The van der Waals surface area contributed by atoms with Crippen LogP contribution in [0.3, 0.4) is 0 Å². The van der Waals surface area contributed by atoms with E-state index in [1.165, 1.54) is 5.56 Å². The quantitative estimate of drug-likeness (QED) is 0.750. The van der Waals surface area contributed by atoms with Crippen LogP contribution < -0.4 is 0 Å². The SMILES string of the molecule is O=C(CSc1ccccc1)N1CCC(CO)(CCc2ccccc2)CC1. The fraction of sp³-hybridized carbons (Fsp3) is 0.409. The highest BCUT2D eigenvalue weighted by Crippen LogP contribution is 2.36. The number of likely N-dealkylation sites (tertiary alicyclic amines) is 1. The van der Waals surface area contributed by atoms with Crippen molar-refractivity contribution >= 4 is 17.7 Å². The lowest BCUT2D eigenvalue weighted by Crippen LogP contribution is -2.45. The molecule has 1 amide bonds. The number of aliphatic hydroxyl groups is 1. The molecule has 0 radical (unpaired) electrons. The molecule has 2 aromatic carbocycles. The zero-order valence-electron chi connectivity index (χ0n) is 15.1. The second-order valence-electron chi connectivity index (χ2n) is 7.13. The Morgan fingerprint density at radius 3 is 2.23 bits per heavy atom. The van der Waals surface area contributed by atoms with Crippen LogP contribution >= 0.6 is 11.8 Å². The Hall–Kier alpha value is -1.78. The van der Waals surface area contributed by atoms with Crippen molar-refractivity contribution in [2.24, 2.45) is 5.41 Å². The van der Waals surface area contributed by atoms with Gasteiger partial charge in [-0.2, -0.15) is 0 Å². The van der Waals surface area contributed by atoms with Gasteiger partial charge in [0, 0.05) is 24.6 Å². The molecule has 1 aliphatic rings. The maximum Gasteiger partial charge on any atom is 0.232 e. The first-order valence-electron chi connectivity index (χ1n) is 9.31. The summed E-state index contributed by atoms with van der Waals surface area (Å²) in [6.07, 6.45) is 3.74. The number of piperidine rings is 1. The van der Waals surface area contributed by atoms with E-state index in [2.05, 4.69) is 24.3 Å². The number of nitrogens with zero attached hydrogens (tertiary/aromatic N) is 1. The Balaban J connectivity index is 1.47. The molecule has 138 valence electrons. The molecule has 0 saturated carbocycles. The largest absolute Gasteiger partial charge is 0.396 e. The normalized spacial score (nSPS) is 16.4. The van der Waals surface area contributed by atoms with Crippen LogP contribution in [0.2, 0.25) is 0 Å². The molecule has 1 heterocycles. The number of hydrogen-bond acceptors (Lipinski definition) is 3. The molecule has 0 spiro atoms. The van der Waals surface area contributed by atoms with E-state index < -0.39 is 0 Å². The van der Waals surface area contributed by atoms with E-state index in [4.69, 9.17) is 0 Å². The highest BCUT2D eigenvalue weighted by atomic mass is 32.2. The van der Waals surface area contributed by atoms with Gasteiger partial charge in [-0.25, -0.2) is 0 Å². The number of carbonyl (C=O) groups excluding carboxylic acids is 1. The number of hydrogen-bond donors (Lipinski definition) is 1. The summed E-state index contributed by atoms with van der Waals surface area (Å²) in [5, 5.41) is 9.99. The third-order valence-electron chi connectivity index (χ3n) is 5.40. The van der Waals surface area contributed by atoms with Crippen molar-refractivity contribution in [3.63, 3.8) is 0 Å². The van der Waals surface area contributed by atoms with Gasteiger partial charge in [0.25, 0.3) is 0 Å². The zero-order valence-corrected chi connectivity index (χ0v) is 16.0. The maximum atomic E-state index is 12.5. The molecule has 0 bridgehead atoms. The first-order valence-corrected chi connectivity index (χ1v) is 10.3. The molecule has 0 aliphatic carbocycles. The predicted octanol–water partition coefficient (Wildman–Crippen LogP) is 4.01. The smallest absolute Gasteiger partial charge is 0.232 e. The predicted molar refractivity (Wildman–Crippen MR) is 107 cm³/mol. The van der Waals surface area contributed by atoms with Crippen molar-refractivity contribution in [3.8, 4) is 0 Å². The molecule has 0 atom stereocenters. The number of benzene rings is 2. The van der Waals surface area contributed by atoms with Gasteiger partial charge < -0.3 is 10.0 Å². The standard InChI is InChI=1S/C22H27NO2S/c24-18-22(12-11-19-7-3-1-4-8-19)13-15-23(16-14-22)21(25)17-26-20-9-5-2-6-10-20/h1-10,24H,11-18H2. The highest BCUT2D eigenvalue weighted by molar-refractivity contribution is 8.00. The Labute approximate surface area is 160 Å². The van der Waals surface area contributed by atoms with E-state index in [-0.39, 0.29) is 17.9 Å². The molecule has 1 fully saturated rings. The lowest BCUT2D eigenvalue weighted by atomic mass is 9.75. The second-order valence-corrected chi connectivity index (χ2v) is 8.17. The van der Waals surface area contributed by atoms with Gasteiger partial charge in [0.15, 0.2) is 0 Å². The molecule has 1 saturated heterocycles. The van der Waals surface area contributed by atoms with Gasteiger partial charge in [0.05, 0.1) is 5.75 Å². The molecule has 3 rings (SSSR count). The molecule has 1 N–H and O–H groups in total. The minimum Gasteiger partial charge on any atom is -0.396 e. The van der Waals surface area contributed by atoms with Crippen molar-refractivity contribution in [3.05, 3.63) is 66.2 Å². The molecule has 1 aliphatic heterocycles. The summed E-state index contributed by atoms with van der Waals surface area (Å²) in [4.78, 5) is 15.6. The summed E-state index contributed by atoms with van der Waals surface area (Å²) < 4.78 is 0. The molecule has 4 heteroatoms. The number of thioether (sulfide) groups is 1. The topological polar surface area (TPSA) is 40.5 Å². The van der Waals surface area contributed by atoms with Crippen LogP contribution in [0.5, 0.6) is 0 Å². The van der Waals surface area contributed by atoms with E-state index in [0.717, 1.165) is 43.7 Å². The molecule has 0 unspecified atom stereocenters. The Morgan fingerprint density at radius 1 is 1.00 bits per heavy atom. The van der Waals surface area contributed by atoms with Crippen molar-refractivity contribution < 1.29 is 9.90 Å².